The highest BCUT2D eigenvalue weighted by Crippen LogP contribution is 2.25. The minimum absolute atomic E-state index is 0.199. The van der Waals surface area contributed by atoms with Gasteiger partial charge >= 0.3 is 0 Å². The molecule has 2 heterocycles. The number of piperazine rings is 1. The molecule has 1 unspecified atom stereocenters. The molecule has 26 heavy (non-hydrogen) atoms. The summed E-state index contributed by atoms with van der Waals surface area (Å²) in [5, 5.41) is 7.59. The van der Waals surface area contributed by atoms with Crippen LogP contribution in [0.1, 0.15) is 49.0 Å². The van der Waals surface area contributed by atoms with Crippen molar-refractivity contribution in [2.24, 2.45) is 0 Å². The number of rotatable bonds is 6. The summed E-state index contributed by atoms with van der Waals surface area (Å²) in [5.41, 5.74) is 1.25. The molecule has 1 aromatic heterocycles. The van der Waals surface area contributed by atoms with Crippen LogP contribution in [0, 0.1) is 0 Å². The second kappa shape index (κ2) is 8.18. The predicted octanol–water partition coefficient (Wildman–Crippen LogP) is 2.75. The van der Waals surface area contributed by atoms with Crippen LogP contribution in [0.25, 0.3) is 0 Å². The fraction of sp³-hybridized carbons (Fsp3) is 0.600. The van der Waals surface area contributed by atoms with E-state index < -0.39 is 0 Å². The average Bonchev–Trinajstić information content (AvgIpc) is 3.33. The number of nitrogens with zero attached hydrogens (tertiary/aromatic N) is 3. The van der Waals surface area contributed by atoms with Crippen molar-refractivity contribution in [2.45, 2.75) is 50.7 Å². The minimum Gasteiger partial charge on any atom is -0.490 e. The van der Waals surface area contributed by atoms with Crippen molar-refractivity contribution in [1.29, 1.82) is 0 Å². The fourth-order valence-electron chi connectivity index (χ4n) is 3.82. The molecule has 0 spiro atoms. The van der Waals surface area contributed by atoms with Crippen LogP contribution < -0.4 is 10.1 Å². The summed E-state index contributed by atoms with van der Waals surface area (Å²) < 4.78 is 11.6. The SMILES string of the molecule is CN1CCNCC1c1noc(CCc2cccc(OC3CCCC3)c2)n1. The highest BCUT2D eigenvalue weighted by Gasteiger charge is 2.25. The van der Waals surface area contributed by atoms with Crippen molar-refractivity contribution in [1.82, 2.24) is 20.4 Å². The van der Waals surface area contributed by atoms with Crippen LogP contribution in [0.4, 0.5) is 0 Å². The highest BCUT2D eigenvalue weighted by molar-refractivity contribution is 5.29. The molecular formula is C20H28N4O2. The summed E-state index contributed by atoms with van der Waals surface area (Å²) in [5.74, 6) is 2.48. The molecule has 2 aromatic rings. The second-order valence-corrected chi connectivity index (χ2v) is 7.42. The average molecular weight is 356 g/mol. The van der Waals surface area contributed by atoms with Gasteiger partial charge in [0.25, 0.3) is 0 Å². The number of ether oxygens (including phenoxy) is 1. The lowest BCUT2D eigenvalue weighted by Gasteiger charge is -2.30. The van der Waals surface area contributed by atoms with E-state index in [2.05, 4.69) is 51.7 Å². The normalized spacial score (nSPS) is 22.0. The van der Waals surface area contributed by atoms with E-state index in [-0.39, 0.29) is 6.04 Å². The molecule has 2 aliphatic rings. The first-order chi connectivity index (χ1) is 12.8. The summed E-state index contributed by atoms with van der Waals surface area (Å²) in [7, 11) is 2.11. The van der Waals surface area contributed by atoms with E-state index >= 15 is 0 Å². The largest absolute Gasteiger partial charge is 0.490 e. The third kappa shape index (κ3) is 4.24. The number of aryl methyl sites for hydroxylation is 2. The topological polar surface area (TPSA) is 63.4 Å². The van der Waals surface area contributed by atoms with Gasteiger partial charge in [-0.05, 0) is 56.8 Å². The van der Waals surface area contributed by atoms with Crippen LogP contribution in [0.2, 0.25) is 0 Å². The molecule has 0 bridgehead atoms. The third-order valence-electron chi connectivity index (χ3n) is 5.42. The Balaban J connectivity index is 1.34. The molecule has 1 saturated heterocycles. The van der Waals surface area contributed by atoms with Crippen molar-refractivity contribution < 1.29 is 9.26 Å². The first-order valence-electron chi connectivity index (χ1n) is 9.77. The Morgan fingerprint density at radius 1 is 1.27 bits per heavy atom. The Kier molecular flexibility index (Phi) is 5.51. The zero-order valence-electron chi connectivity index (χ0n) is 15.5. The molecule has 4 rings (SSSR count). The molecular weight excluding hydrogens is 328 g/mol. The monoisotopic (exact) mass is 356 g/mol. The quantitative estimate of drug-likeness (QED) is 0.859. The van der Waals surface area contributed by atoms with Crippen molar-refractivity contribution in [3.63, 3.8) is 0 Å². The van der Waals surface area contributed by atoms with E-state index in [1.165, 1.54) is 31.2 Å². The van der Waals surface area contributed by atoms with Gasteiger partial charge in [0.2, 0.25) is 5.89 Å². The van der Waals surface area contributed by atoms with Gasteiger partial charge in [-0.3, -0.25) is 4.90 Å². The molecule has 2 fully saturated rings. The van der Waals surface area contributed by atoms with Crippen molar-refractivity contribution in [3.05, 3.63) is 41.5 Å². The van der Waals surface area contributed by atoms with Crippen molar-refractivity contribution in [3.8, 4) is 5.75 Å². The number of hydrogen-bond acceptors (Lipinski definition) is 6. The fourth-order valence-corrected chi connectivity index (χ4v) is 3.82. The standard InChI is InChI=1S/C20H28N4O2/c1-24-12-11-21-14-18(24)20-22-19(26-23-20)10-9-15-5-4-8-17(13-15)25-16-6-2-3-7-16/h4-5,8,13,16,18,21H,2-3,6-7,9-12,14H2,1H3. The molecule has 1 aromatic carbocycles. The van der Waals surface area contributed by atoms with Gasteiger partial charge in [-0.25, -0.2) is 0 Å². The van der Waals surface area contributed by atoms with E-state index in [0.717, 1.165) is 44.0 Å². The molecule has 1 saturated carbocycles. The van der Waals surface area contributed by atoms with Crippen LogP contribution in [-0.4, -0.2) is 47.8 Å². The van der Waals surface area contributed by atoms with Gasteiger partial charge in [-0.1, -0.05) is 17.3 Å². The zero-order chi connectivity index (χ0) is 17.8. The first-order valence-corrected chi connectivity index (χ1v) is 9.77. The lowest BCUT2D eigenvalue weighted by molar-refractivity contribution is 0.190. The van der Waals surface area contributed by atoms with Crippen LogP contribution in [0.5, 0.6) is 5.75 Å². The van der Waals surface area contributed by atoms with E-state index in [1.807, 2.05) is 0 Å². The second-order valence-electron chi connectivity index (χ2n) is 7.42. The predicted molar refractivity (Wildman–Crippen MR) is 99.3 cm³/mol. The van der Waals surface area contributed by atoms with Gasteiger partial charge in [0.15, 0.2) is 5.82 Å². The van der Waals surface area contributed by atoms with Crippen molar-refractivity contribution >= 4 is 0 Å². The van der Waals surface area contributed by atoms with E-state index in [0.29, 0.717) is 12.0 Å². The van der Waals surface area contributed by atoms with Gasteiger partial charge in [-0.2, -0.15) is 4.98 Å². The minimum atomic E-state index is 0.199. The summed E-state index contributed by atoms with van der Waals surface area (Å²) in [6.07, 6.45) is 6.96. The van der Waals surface area contributed by atoms with E-state index in [1.54, 1.807) is 0 Å². The first kappa shape index (κ1) is 17.5. The Morgan fingerprint density at radius 2 is 2.15 bits per heavy atom. The van der Waals surface area contributed by atoms with Crippen LogP contribution >= 0.6 is 0 Å². The maximum Gasteiger partial charge on any atom is 0.227 e. The van der Waals surface area contributed by atoms with Gasteiger partial charge in [0.1, 0.15) is 5.75 Å². The summed E-state index contributed by atoms with van der Waals surface area (Å²) >= 11 is 0. The molecule has 1 atom stereocenters. The van der Waals surface area contributed by atoms with Crippen molar-refractivity contribution in [2.75, 3.05) is 26.7 Å². The van der Waals surface area contributed by atoms with Crippen LogP contribution in [0.15, 0.2) is 28.8 Å². The number of aromatic nitrogens is 2. The summed E-state index contributed by atoms with van der Waals surface area (Å²) in [4.78, 5) is 6.89. The molecule has 1 aliphatic heterocycles. The van der Waals surface area contributed by atoms with Gasteiger partial charge in [0.05, 0.1) is 12.1 Å². The Bertz CT molecular complexity index is 711. The number of hydrogen-bond donors (Lipinski definition) is 1. The third-order valence-corrected chi connectivity index (χ3v) is 5.42. The van der Waals surface area contributed by atoms with Gasteiger partial charge in [0, 0.05) is 26.1 Å². The molecule has 1 aliphatic carbocycles. The molecule has 0 amide bonds. The lowest BCUT2D eigenvalue weighted by Crippen LogP contribution is -2.44. The smallest absolute Gasteiger partial charge is 0.227 e. The Labute approximate surface area is 154 Å². The lowest BCUT2D eigenvalue weighted by atomic mass is 10.1. The number of nitrogens with one attached hydrogen (secondary N) is 1. The number of benzene rings is 1. The maximum absolute atomic E-state index is 6.10. The Hall–Kier alpha value is -1.92. The van der Waals surface area contributed by atoms with E-state index in [4.69, 9.17) is 9.26 Å². The molecule has 0 radical (unpaired) electrons. The van der Waals surface area contributed by atoms with E-state index in [9.17, 15) is 0 Å². The zero-order valence-corrected chi connectivity index (χ0v) is 15.5. The van der Waals surface area contributed by atoms with Crippen LogP contribution in [0.3, 0.4) is 0 Å². The Morgan fingerprint density at radius 3 is 3.00 bits per heavy atom. The van der Waals surface area contributed by atoms with Gasteiger partial charge < -0.3 is 14.6 Å². The number of likely N-dealkylation sites (N-methyl/N-ethyl adjacent to an activating group) is 1. The van der Waals surface area contributed by atoms with Crippen LogP contribution in [-0.2, 0) is 12.8 Å². The molecule has 6 nitrogen and oxygen atoms in total. The molecule has 1 N–H and O–H groups in total. The maximum atomic E-state index is 6.10. The summed E-state index contributed by atoms with van der Waals surface area (Å²) in [6, 6.07) is 8.61. The molecule has 6 heteroatoms. The molecule has 140 valence electrons. The highest BCUT2D eigenvalue weighted by atomic mass is 16.5. The summed E-state index contributed by atoms with van der Waals surface area (Å²) in [6.45, 7) is 2.88. The van der Waals surface area contributed by atoms with Gasteiger partial charge in [-0.15, -0.1) is 0 Å².